The molecule has 3 atom stereocenters. The van der Waals surface area contributed by atoms with E-state index in [4.69, 9.17) is 9.15 Å². The Labute approximate surface area is 184 Å². The second-order valence-corrected chi connectivity index (χ2v) is 9.93. The van der Waals surface area contributed by atoms with Crippen molar-refractivity contribution >= 4 is 5.91 Å². The van der Waals surface area contributed by atoms with E-state index in [1.165, 1.54) is 18.4 Å². The predicted molar refractivity (Wildman–Crippen MR) is 118 cm³/mol. The smallest absolute Gasteiger partial charge is 0.243 e. The molecule has 1 aliphatic carbocycles. The van der Waals surface area contributed by atoms with Gasteiger partial charge in [0.25, 0.3) is 0 Å². The van der Waals surface area contributed by atoms with Crippen molar-refractivity contribution < 1.29 is 13.9 Å². The van der Waals surface area contributed by atoms with Crippen LogP contribution in [-0.2, 0) is 11.3 Å². The topological polar surface area (TPSA) is 45.9 Å². The third-order valence-corrected chi connectivity index (χ3v) is 8.14. The van der Waals surface area contributed by atoms with Gasteiger partial charge in [-0.1, -0.05) is 18.2 Å². The van der Waals surface area contributed by atoms with Crippen molar-refractivity contribution in [1.29, 1.82) is 0 Å². The maximum absolute atomic E-state index is 13.8. The molecule has 0 unspecified atom stereocenters. The summed E-state index contributed by atoms with van der Waals surface area (Å²) in [5.74, 6) is 3.51. The molecule has 3 aliphatic heterocycles. The fraction of sp³-hybridized carbons (Fsp3) is 0.577. The molecule has 2 aromatic rings. The number of furan rings is 1. The summed E-state index contributed by atoms with van der Waals surface area (Å²) in [5.41, 5.74) is 0.957. The fourth-order valence-corrected chi connectivity index (χ4v) is 6.82. The quantitative estimate of drug-likeness (QED) is 0.694. The molecule has 1 aromatic heterocycles. The monoisotopic (exact) mass is 420 g/mol. The molecule has 1 amide bonds. The Morgan fingerprint density at radius 1 is 1.13 bits per heavy atom. The van der Waals surface area contributed by atoms with E-state index in [9.17, 15) is 4.79 Å². The number of nitrogens with zero attached hydrogens (tertiary/aromatic N) is 2. The van der Waals surface area contributed by atoms with Gasteiger partial charge in [0.15, 0.2) is 0 Å². The van der Waals surface area contributed by atoms with Crippen molar-refractivity contribution in [1.82, 2.24) is 9.80 Å². The summed E-state index contributed by atoms with van der Waals surface area (Å²) in [6, 6.07) is 12.8. The van der Waals surface area contributed by atoms with Gasteiger partial charge in [0, 0.05) is 24.1 Å². The lowest BCUT2D eigenvalue weighted by Crippen LogP contribution is -2.49. The van der Waals surface area contributed by atoms with Gasteiger partial charge < -0.3 is 14.1 Å². The minimum atomic E-state index is -0.327. The molecule has 3 saturated heterocycles. The van der Waals surface area contributed by atoms with E-state index in [0.29, 0.717) is 24.5 Å². The van der Waals surface area contributed by atoms with Gasteiger partial charge in [-0.2, -0.15) is 0 Å². The minimum absolute atomic E-state index is 0.280. The van der Waals surface area contributed by atoms with Crippen molar-refractivity contribution in [2.24, 2.45) is 5.92 Å². The Morgan fingerprint density at radius 2 is 1.97 bits per heavy atom. The van der Waals surface area contributed by atoms with Gasteiger partial charge in [-0.15, -0.1) is 0 Å². The lowest BCUT2D eigenvalue weighted by molar-refractivity contribution is -0.137. The number of amides is 1. The summed E-state index contributed by atoms with van der Waals surface area (Å²) >= 11 is 0. The van der Waals surface area contributed by atoms with Crippen molar-refractivity contribution in [2.45, 2.75) is 76.1 Å². The van der Waals surface area contributed by atoms with Crippen LogP contribution in [0.25, 0.3) is 0 Å². The summed E-state index contributed by atoms with van der Waals surface area (Å²) in [7, 11) is 0. The number of ether oxygens (including phenoxy) is 1. The number of carbonyl (C=O) groups excluding carboxylic acids is 1. The first-order valence-electron chi connectivity index (χ1n) is 12.0. The Balaban J connectivity index is 1.27. The molecule has 31 heavy (non-hydrogen) atoms. The van der Waals surface area contributed by atoms with Gasteiger partial charge in [0.2, 0.25) is 5.91 Å². The number of benzene rings is 1. The summed E-state index contributed by atoms with van der Waals surface area (Å²) < 4.78 is 12.3. The lowest BCUT2D eigenvalue weighted by Gasteiger charge is -2.34. The predicted octanol–water partition coefficient (Wildman–Crippen LogP) is 4.85. The van der Waals surface area contributed by atoms with Crippen LogP contribution in [0.2, 0.25) is 0 Å². The van der Waals surface area contributed by atoms with Crippen LogP contribution in [0.1, 0.15) is 68.1 Å². The molecule has 4 heterocycles. The fourth-order valence-electron chi connectivity index (χ4n) is 6.82. The average molecular weight is 421 g/mol. The number of para-hydroxylation sites is 1. The number of rotatable bonds is 5. The lowest BCUT2D eigenvalue weighted by atomic mass is 9.85. The van der Waals surface area contributed by atoms with Gasteiger partial charge in [-0.05, 0) is 76.6 Å². The minimum Gasteiger partial charge on any atom is -0.490 e. The zero-order valence-corrected chi connectivity index (χ0v) is 18.4. The van der Waals surface area contributed by atoms with E-state index in [1.807, 2.05) is 24.0 Å². The molecule has 1 saturated carbocycles. The van der Waals surface area contributed by atoms with E-state index < -0.39 is 0 Å². The number of hydrogen-bond donors (Lipinski definition) is 0. The van der Waals surface area contributed by atoms with E-state index in [2.05, 4.69) is 29.2 Å². The van der Waals surface area contributed by atoms with Gasteiger partial charge in [0.05, 0.1) is 12.6 Å². The molecule has 0 N–H and O–H groups in total. The Morgan fingerprint density at radius 3 is 2.77 bits per heavy atom. The van der Waals surface area contributed by atoms with Crippen molar-refractivity contribution in [3.63, 3.8) is 0 Å². The molecule has 5 heteroatoms. The summed E-state index contributed by atoms with van der Waals surface area (Å²) in [6.45, 7) is 4.37. The van der Waals surface area contributed by atoms with E-state index in [0.717, 1.165) is 62.5 Å². The third-order valence-electron chi connectivity index (χ3n) is 8.14. The Hall–Kier alpha value is -2.27. The normalized spacial score (nSPS) is 30.9. The first-order valence-corrected chi connectivity index (χ1v) is 12.0. The van der Waals surface area contributed by atoms with Crippen LogP contribution in [-0.4, -0.2) is 40.4 Å². The van der Waals surface area contributed by atoms with Crippen LogP contribution in [0.3, 0.4) is 0 Å². The SMILES string of the molecule is Cc1ccc(CN2C[C@@H]3C[C@@H](c4ccccc4OC4CCCC4)N4CCC[C@@]34C2=O)o1. The largest absolute Gasteiger partial charge is 0.490 e. The number of aryl methyl sites for hydroxylation is 1. The first kappa shape index (κ1) is 19.4. The standard InChI is InChI=1S/C26H32N2O3/c1-18-11-12-21(30-18)17-27-16-19-15-23(28-14-6-13-26(19,28)25(27)29)22-9-4-5-10-24(22)31-20-7-2-3-8-20/h4-5,9-12,19-20,23H,2-3,6-8,13-17H2,1H3/t19-,23-,26-/m0/s1. The van der Waals surface area contributed by atoms with E-state index in [1.54, 1.807) is 0 Å². The summed E-state index contributed by atoms with van der Waals surface area (Å²) in [5, 5.41) is 0. The van der Waals surface area contributed by atoms with Crippen molar-refractivity contribution in [3.8, 4) is 5.75 Å². The van der Waals surface area contributed by atoms with Crippen LogP contribution in [0.5, 0.6) is 5.75 Å². The summed E-state index contributed by atoms with van der Waals surface area (Å²) in [4.78, 5) is 18.3. The Kier molecular flexibility index (Phi) is 4.64. The first-order chi connectivity index (χ1) is 15.1. The highest BCUT2D eigenvalue weighted by Gasteiger charge is 2.65. The highest BCUT2D eigenvalue weighted by Crippen LogP contribution is 2.57. The Bertz CT molecular complexity index is 979. The van der Waals surface area contributed by atoms with Crippen LogP contribution < -0.4 is 4.74 Å². The highest BCUT2D eigenvalue weighted by atomic mass is 16.5. The molecule has 4 fully saturated rings. The van der Waals surface area contributed by atoms with E-state index in [-0.39, 0.29) is 11.6 Å². The molecule has 5 nitrogen and oxygen atoms in total. The number of hydrogen-bond acceptors (Lipinski definition) is 4. The molecule has 1 spiro atoms. The zero-order chi connectivity index (χ0) is 21.0. The summed E-state index contributed by atoms with van der Waals surface area (Å²) in [6.07, 6.45) is 8.32. The van der Waals surface area contributed by atoms with Gasteiger partial charge >= 0.3 is 0 Å². The molecular weight excluding hydrogens is 388 g/mol. The van der Waals surface area contributed by atoms with Crippen LogP contribution in [0.4, 0.5) is 0 Å². The van der Waals surface area contributed by atoms with Gasteiger partial charge in [-0.25, -0.2) is 0 Å². The molecule has 1 aromatic carbocycles. The maximum atomic E-state index is 13.8. The van der Waals surface area contributed by atoms with Gasteiger partial charge in [-0.3, -0.25) is 9.69 Å². The van der Waals surface area contributed by atoms with Crippen molar-refractivity contribution in [3.05, 3.63) is 53.5 Å². The molecule has 6 rings (SSSR count). The average Bonchev–Trinajstić information content (AvgIpc) is 3.56. The van der Waals surface area contributed by atoms with Crippen LogP contribution >= 0.6 is 0 Å². The second-order valence-electron chi connectivity index (χ2n) is 9.93. The second kappa shape index (κ2) is 7.40. The number of likely N-dealkylation sites (tertiary alicyclic amines) is 1. The highest BCUT2D eigenvalue weighted by molar-refractivity contribution is 5.90. The molecule has 4 aliphatic rings. The van der Waals surface area contributed by atoms with Crippen molar-refractivity contribution in [2.75, 3.05) is 13.1 Å². The van der Waals surface area contributed by atoms with Crippen LogP contribution in [0.15, 0.2) is 40.8 Å². The number of carbonyl (C=O) groups is 1. The molecular formula is C26H32N2O3. The third kappa shape index (κ3) is 3.04. The maximum Gasteiger partial charge on any atom is 0.243 e. The van der Waals surface area contributed by atoms with Gasteiger partial charge in [0.1, 0.15) is 22.8 Å². The molecule has 0 radical (unpaired) electrons. The molecule has 164 valence electrons. The van der Waals surface area contributed by atoms with Crippen LogP contribution in [0, 0.1) is 12.8 Å². The van der Waals surface area contributed by atoms with E-state index >= 15 is 0 Å². The molecule has 0 bridgehead atoms. The zero-order valence-electron chi connectivity index (χ0n) is 18.4.